The highest BCUT2D eigenvalue weighted by molar-refractivity contribution is 6.06. The summed E-state index contributed by atoms with van der Waals surface area (Å²) in [6.07, 6.45) is 0. The number of aromatic nitrogens is 3. The molecular weight excluding hydrogens is 308 g/mol. The van der Waals surface area contributed by atoms with Gasteiger partial charge in [-0.05, 0) is 44.0 Å². The van der Waals surface area contributed by atoms with Gasteiger partial charge in [-0.1, -0.05) is 6.07 Å². The van der Waals surface area contributed by atoms with Crippen LogP contribution < -0.4 is 5.32 Å². The fourth-order valence-electron chi connectivity index (χ4n) is 2.60. The summed E-state index contributed by atoms with van der Waals surface area (Å²) < 4.78 is 4.87. The number of fused-ring (bicyclic) bond motifs is 1. The number of H-pyrrole nitrogens is 2. The van der Waals surface area contributed by atoms with E-state index in [0.29, 0.717) is 5.69 Å². The molecule has 0 radical (unpaired) electrons. The second kappa shape index (κ2) is 6.19. The normalized spacial score (nSPS) is 10.8. The molecule has 0 bridgehead atoms. The van der Waals surface area contributed by atoms with Crippen LogP contribution in [0.1, 0.15) is 39.0 Å². The molecule has 0 aliphatic carbocycles. The van der Waals surface area contributed by atoms with E-state index in [1.54, 1.807) is 13.0 Å². The lowest BCUT2D eigenvalue weighted by molar-refractivity contribution is 0.0519. The fraction of sp³-hybridized carbons (Fsp3) is 0.235. The van der Waals surface area contributed by atoms with Crippen molar-refractivity contribution < 1.29 is 14.3 Å². The van der Waals surface area contributed by atoms with Gasteiger partial charge in [-0.2, -0.15) is 5.10 Å². The Bertz CT molecular complexity index is 923. The summed E-state index contributed by atoms with van der Waals surface area (Å²) in [4.78, 5) is 27.1. The zero-order valence-electron chi connectivity index (χ0n) is 13.7. The van der Waals surface area contributed by atoms with Gasteiger partial charge in [0.1, 0.15) is 11.4 Å². The van der Waals surface area contributed by atoms with Crippen LogP contribution in [0.15, 0.2) is 24.3 Å². The first kappa shape index (κ1) is 15.8. The number of rotatable bonds is 4. The largest absolute Gasteiger partial charge is 0.461 e. The minimum Gasteiger partial charge on any atom is -0.461 e. The van der Waals surface area contributed by atoms with Crippen molar-refractivity contribution in [3.05, 3.63) is 46.8 Å². The number of hydrogen-bond acceptors (Lipinski definition) is 4. The van der Waals surface area contributed by atoms with Crippen molar-refractivity contribution in [3.63, 3.8) is 0 Å². The van der Waals surface area contributed by atoms with Crippen molar-refractivity contribution in [3.8, 4) is 0 Å². The maximum atomic E-state index is 12.4. The number of anilines is 1. The molecule has 124 valence electrons. The number of hydrogen-bond donors (Lipinski definition) is 3. The first-order chi connectivity index (χ1) is 11.5. The van der Waals surface area contributed by atoms with Crippen molar-refractivity contribution in [1.82, 2.24) is 15.2 Å². The summed E-state index contributed by atoms with van der Waals surface area (Å²) in [5.74, 6) is -0.581. The van der Waals surface area contributed by atoms with Crippen molar-refractivity contribution in [2.45, 2.75) is 20.8 Å². The average Bonchev–Trinajstić information content (AvgIpc) is 3.14. The number of esters is 1. The zero-order chi connectivity index (χ0) is 17.3. The lowest BCUT2D eigenvalue weighted by Gasteiger charge is -1.98. The molecule has 3 aromatic rings. The summed E-state index contributed by atoms with van der Waals surface area (Å²) in [5, 5.41) is 10.1. The highest BCUT2D eigenvalue weighted by atomic mass is 16.5. The van der Waals surface area contributed by atoms with Gasteiger partial charge >= 0.3 is 5.97 Å². The minimum atomic E-state index is -0.512. The van der Waals surface area contributed by atoms with Crippen LogP contribution in [-0.2, 0) is 4.74 Å². The van der Waals surface area contributed by atoms with Crippen molar-refractivity contribution in [1.29, 1.82) is 0 Å². The van der Waals surface area contributed by atoms with Gasteiger partial charge < -0.3 is 15.0 Å². The number of nitrogens with zero attached hydrogens (tertiary/aromatic N) is 1. The number of aromatic amines is 2. The highest BCUT2D eigenvalue weighted by Gasteiger charge is 2.15. The SMILES string of the molecule is CCOC(=O)c1cc(NC(=O)c2cc3c(C)cc(C)cc3[nH]2)n[nH]1. The molecule has 0 atom stereocenters. The highest BCUT2D eigenvalue weighted by Crippen LogP contribution is 2.22. The molecular formula is C17H18N4O3. The summed E-state index contributed by atoms with van der Waals surface area (Å²) in [6, 6.07) is 7.30. The first-order valence-corrected chi connectivity index (χ1v) is 7.61. The van der Waals surface area contributed by atoms with Gasteiger partial charge in [-0.15, -0.1) is 0 Å². The molecule has 24 heavy (non-hydrogen) atoms. The monoisotopic (exact) mass is 326 g/mol. The molecule has 2 aromatic heterocycles. The van der Waals surface area contributed by atoms with Crippen molar-refractivity contribution in [2.24, 2.45) is 0 Å². The average molecular weight is 326 g/mol. The lowest BCUT2D eigenvalue weighted by Crippen LogP contribution is -2.12. The smallest absolute Gasteiger partial charge is 0.356 e. The number of carbonyl (C=O) groups is 2. The quantitative estimate of drug-likeness (QED) is 0.642. The third-order valence-electron chi connectivity index (χ3n) is 3.65. The van der Waals surface area contributed by atoms with Gasteiger partial charge in [-0.25, -0.2) is 4.79 Å². The van der Waals surface area contributed by atoms with Crippen LogP contribution in [0.3, 0.4) is 0 Å². The molecule has 0 unspecified atom stereocenters. The molecule has 7 nitrogen and oxygen atoms in total. The second-order valence-corrected chi connectivity index (χ2v) is 5.57. The van der Waals surface area contributed by atoms with Crippen LogP contribution in [0.25, 0.3) is 10.9 Å². The van der Waals surface area contributed by atoms with E-state index in [4.69, 9.17) is 4.74 Å². The van der Waals surface area contributed by atoms with Gasteiger partial charge in [0.2, 0.25) is 0 Å². The molecule has 1 amide bonds. The van der Waals surface area contributed by atoms with Crippen LogP contribution >= 0.6 is 0 Å². The first-order valence-electron chi connectivity index (χ1n) is 7.61. The van der Waals surface area contributed by atoms with E-state index in [-0.39, 0.29) is 24.0 Å². The molecule has 0 fully saturated rings. The van der Waals surface area contributed by atoms with E-state index in [2.05, 4.69) is 26.6 Å². The molecule has 1 aromatic carbocycles. The molecule has 0 saturated heterocycles. The van der Waals surface area contributed by atoms with E-state index < -0.39 is 5.97 Å². The van der Waals surface area contributed by atoms with Crippen molar-refractivity contribution >= 4 is 28.6 Å². The summed E-state index contributed by atoms with van der Waals surface area (Å²) >= 11 is 0. The molecule has 0 spiro atoms. The zero-order valence-corrected chi connectivity index (χ0v) is 13.7. The Morgan fingerprint density at radius 2 is 1.96 bits per heavy atom. The minimum absolute atomic E-state index is 0.190. The molecule has 0 aliphatic heterocycles. The number of nitrogens with one attached hydrogen (secondary N) is 3. The summed E-state index contributed by atoms with van der Waals surface area (Å²) in [6.45, 7) is 6.00. The maximum absolute atomic E-state index is 12.4. The van der Waals surface area contributed by atoms with Gasteiger partial charge in [0.25, 0.3) is 5.91 Å². The molecule has 7 heteroatoms. The van der Waals surface area contributed by atoms with E-state index in [1.165, 1.54) is 6.07 Å². The van der Waals surface area contributed by atoms with Crippen molar-refractivity contribution in [2.75, 3.05) is 11.9 Å². The molecule has 2 heterocycles. The summed E-state index contributed by atoms with van der Waals surface area (Å²) in [7, 11) is 0. The van der Waals surface area contributed by atoms with Crippen LogP contribution in [0.4, 0.5) is 5.82 Å². The van der Waals surface area contributed by atoms with Crippen LogP contribution in [0, 0.1) is 13.8 Å². The Kier molecular flexibility index (Phi) is 4.07. The maximum Gasteiger partial charge on any atom is 0.356 e. The van der Waals surface area contributed by atoms with Crippen LogP contribution in [0.2, 0.25) is 0 Å². The predicted molar refractivity (Wildman–Crippen MR) is 90.3 cm³/mol. The molecule has 3 rings (SSSR count). The Morgan fingerprint density at radius 3 is 2.71 bits per heavy atom. The van der Waals surface area contributed by atoms with E-state index in [0.717, 1.165) is 22.0 Å². The lowest BCUT2D eigenvalue weighted by atomic mass is 10.1. The fourth-order valence-corrected chi connectivity index (χ4v) is 2.60. The number of benzene rings is 1. The third-order valence-corrected chi connectivity index (χ3v) is 3.65. The summed E-state index contributed by atoms with van der Waals surface area (Å²) in [5.41, 5.74) is 3.76. The molecule has 0 saturated carbocycles. The Hall–Kier alpha value is -3.09. The topological polar surface area (TPSA) is 99.9 Å². The number of aryl methyl sites for hydroxylation is 2. The third kappa shape index (κ3) is 3.01. The van der Waals surface area contributed by atoms with Gasteiger partial charge in [0.15, 0.2) is 5.82 Å². The Morgan fingerprint density at radius 1 is 1.17 bits per heavy atom. The Balaban J connectivity index is 1.80. The number of carbonyl (C=O) groups excluding carboxylic acids is 2. The van der Waals surface area contributed by atoms with Gasteiger partial charge in [0.05, 0.1) is 6.61 Å². The second-order valence-electron chi connectivity index (χ2n) is 5.57. The standard InChI is InChI=1S/C17H18N4O3/c1-4-24-17(23)14-8-15(21-20-14)19-16(22)13-7-11-10(3)5-9(2)6-12(11)18-13/h5-8,18H,4H2,1-3H3,(H2,19,20,21,22). The Labute approximate surface area is 138 Å². The number of amides is 1. The number of ether oxygens (including phenoxy) is 1. The van der Waals surface area contributed by atoms with Gasteiger partial charge in [0, 0.05) is 17.0 Å². The van der Waals surface area contributed by atoms with Crippen LogP contribution in [0.5, 0.6) is 0 Å². The van der Waals surface area contributed by atoms with E-state index in [9.17, 15) is 9.59 Å². The molecule has 0 aliphatic rings. The van der Waals surface area contributed by atoms with Gasteiger partial charge in [-0.3, -0.25) is 9.89 Å². The van der Waals surface area contributed by atoms with E-state index >= 15 is 0 Å². The predicted octanol–water partition coefficient (Wildman–Crippen LogP) is 2.94. The molecule has 3 N–H and O–H groups in total. The van der Waals surface area contributed by atoms with Crippen LogP contribution in [-0.4, -0.2) is 33.7 Å². The van der Waals surface area contributed by atoms with E-state index in [1.807, 2.05) is 19.9 Å².